The number of nitrogens with zero attached hydrogens (tertiary/aromatic N) is 2. The van der Waals surface area contributed by atoms with Gasteiger partial charge in [-0.3, -0.25) is 4.90 Å². The Morgan fingerprint density at radius 1 is 1.35 bits per heavy atom. The zero-order chi connectivity index (χ0) is 14.1. The van der Waals surface area contributed by atoms with Crippen molar-refractivity contribution in [3.63, 3.8) is 0 Å². The summed E-state index contributed by atoms with van der Waals surface area (Å²) in [5.41, 5.74) is 3.64. The molecule has 0 radical (unpaired) electrons. The fraction of sp³-hybridized carbons (Fsp3) is 0.500. The van der Waals surface area contributed by atoms with E-state index in [9.17, 15) is 4.39 Å². The van der Waals surface area contributed by atoms with Gasteiger partial charge in [0.25, 0.3) is 0 Å². The Bertz CT molecular complexity index is 603. The molecule has 0 saturated heterocycles. The van der Waals surface area contributed by atoms with Crippen molar-refractivity contribution in [3.8, 4) is 0 Å². The highest BCUT2D eigenvalue weighted by atomic mass is 19.1. The summed E-state index contributed by atoms with van der Waals surface area (Å²) in [6, 6.07) is 5.03. The molecule has 0 unspecified atom stereocenters. The normalized spacial score (nSPS) is 16.0. The number of H-pyrrole nitrogens is 1. The third-order valence-electron chi connectivity index (χ3n) is 4.10. The van der Waals surface area contributed by atoms with Crippen molar-refractivity contribution < 1.29 is 4.39 Å². The summed E-state index contributed by atoms with van der Waals surface area (Å²) < 4.78 is 13.4. The van der Waals surface area contributed by atoms with Crippen LogP contribution in [0.4, 0.5) is 4.39 Å². The van der Waals surface area contributed by atoms with Gasteiger partial charge in [0.15, 0.2) is 0 Å². The van der Waals surface area contributed by atoms with Gasteiger partial charge in [-0.15, -0.1) is 0 Å². The first-order valence-electron chi connectivity index (χ1n) is 7.29. The van der Waals surface area contributed by atoms with E-state index >= 15 is 0 Å². The zero-order valence-electron chi connectivity index (χ0n) is 12.2. The van der Waals surface area contributed by atoms with Crippen LogP contribution >= 0.6 is 0 Å². The maximum atomic E-state index is 13.4. The van der Waals surface area contributed by atoms with Crippen LogP contribution in [-0.2, 0) is 13.0 Å². The minimum absolute atomic E-state index is 0.149. The lowest BCUT2D eigenvalue weighted by Gasteiger charge is -2.27. The summed E-state index contributed by atoms with van der Waals surface area (Å²) >= 11 is 0. The molecular weight excluding hydrogens is 253 g/mol. The lowest BCUT2D eigenvalue weighted by Crippen LogP contribution is -2.32. The Kier molecular flexibility index (Phi) is 3.76. The molecule has 0 fully saturated rings. The van der Waals surface area contributed by atoms with Crippen molar-refractivity contribution in [2.24, 2.45) is 0 Å². The van der Waals surface area contributed by atoms with Gasteiger partial charge in [0.05, 0.1) is 0 Å². The van der Waals surface area contributed by atoms with Crippen molar-refractivity contribution >= 4 is 10.9 Å². The van der Waals surface area contributed by atoms with Crippen molar-refractivity contribution in [3.05, 3.63) is 35.3 Å². The van der Waals surface area contributed by atoms with Crippen LogP contribution in [0.2, 0.25) is 0 Å². The summed E-state index contributed by atoms with van der Waals surface area (Å²) in [6.45, 7) is 4.26. The second-order valence-corrected chi connectivity index (χ2v) is 5.95. The van der Waals surface area contributed by atoms with E-state index in [-0.39, 0.29) is 5.82 Å². The number of rotatable bonds is 4. The smallest absolute Gasteiger partial charge is 0.123 e. The molecule has 3 nitrogen and oxygen atoms in total. The Labute approximate surface area is 119 Å². The van der Waals surface area contributed by atoms with Gasteiger partial charge >= 0.3 is 0 Å². The minimum Gasteiger partial charge on any atom is -0.358 e. The van der Waals surface area contributed by atoms with Crippen LogP contribution in [-0.4, -0.2) is 48.5 Å². The lowest BCUT2D eigenvalue weighted by molar-refractivity contribution is 0.238. The number of hydrogen-bond donors (Lipinski definition) is 1. The first kappa shape index (κ1) is 13.6. The maximum absolute atomic E-state index is 13.4. The van der Waals surface area contributed by atoms with Crippen LogP contribution in [0.3, 0.4) is 0 Å². The van der Waals surface area contributed by atoms with Crippen LogP contribution in [0.25, 0.3) is 10.9 Å². The largest absolute Gasteiger partial charge is 0.358 e. The highest BCUT2D eigenvalue weighted by Crippen LogP contribution is 2.28. The Morgan fingerprint density at radius 3 is 3.00 bits per heavy atom. The first-order valence-corrected chi connectivity index (χ1v) is 7.29. The van der Waals surface area contributed by atoms with Crippen molar-refractivity contribution in [2.45, 2.75) is 19.4 Å². The minimum atomic E-state index is -0.149. The molecule has 1 aromatic heterocycles. The summed E-state index contributed by atoms with van der Waals surface area (Å²) in [5.74, 6) is -0.149. The average molecular weight is 275 g/mol. The molecular formula is C16H22FN3. The molecule has 4 heteroatoms. The standard InChI is InChI=1S/C16H22FN3/c1-19(2)7-3-8-20-9-6-16-14(11-20)13-10-12(17)4-5-15(13)18-16/h4-5,10,18H,3,6-9,11H2,1-2H3. The molecule has 0 amide bonds. The van der Waals surface area contributed by atoms with Gasteiger partial charge in [-0.25, -0.2) is 4.39 Å². The highest BCUT2D eigenvalue weighted by molar-refractivity contribution is 5.84. The number of nitrogens with one attached hydrogen (secondary N) is 1. The quantitative estimate of drug-likeness (QED) is 0.926. The molecule has 1 aliphatic rings. The van der Waals surface area contributed by atoms with Crippen LogP contribution in [0.1, 0.15) is 17.7 Å². The Balaban J connectivity index is 1.76. The number of halogens is 1. The first-order chi connectivity index (χ1) is 9.63. The second-order valence-electron chi connectivity index (χ2n) is 5.95. The molecule has 1 aliphatic heterocycles. The van der Waals surface area contributed by atoms with Crippen LogP contribution in [0.5, 0.6) is 0 Å². The molecule has 2 aromatic rings. The van der Waals surface area contributed by atoms with E-state index in [0.717, 1.165) is 43.5 Å². The number of fused-ring (bicyclic) bond motifs is 3. The molecule has 0 saturated carbocycles. The fourth-order valence-corrected chi connectivity index (χ4v) is 3.04. The van der Waals surface area contributed by atoms with Crippen molar-refractivity contribution in [1.82, 2.24) is 14.8 Å². The molecule has 0 aliphatic carbocycles. The summed E-state index contributed by atoms with van der Waals surface area (Å²) in [4.78, 5) is 8.13. The molecule has 20 heavy (non-hydrogen) atoms. The molecule has 0 atom stereocenters. The Morgan fingerprint density at radius 2 is 2.20 bits per heavy atom. The molecule has 0 spiro atoms. The molecule has 2 heterocycles. The molecule has 1 aromatic carbocycles. The SMILES string of the molecule is CN(C)CCCN1CCc2[nH]c3ccc(F)cc3c2C1. The van der Waals surface area contributed by atoms with Crippen LogP contribution < -0.4 is 0 Å². The van der Waals surface area contributed by atoms with Gasteiger partial charge in [-0.1, -0.05) is 0 Å². The summed E-state index contributed by atoms with van der Waals surface area (Å²) in [5, 5.41) is 1.05. The van der Waals surface area contributed by atoms with E-state index in [1.807, 2.05) is 6.07 Å². The van der Waals surface area contributed by atoms with E-state index in [4.69, 9.17) is 0 Å². The highest BCUT2D eigenvalue weighted by Gasteiger charge is 2.20. The third-order valence-corrected chi connectivity index (χ3v) is 4.10. The molecule has 3 rings (SSSR count). The van der Waals surface area contributed by atoms with Crippen molar-refractivity contribution in [1.29, 1.82) is 0 Å². The van der Waals surface area contributed by atoms with E-state index < -0.39 is 0 Å². The lowest BCUT2D eigenvalue weighted by atomic mass is 10.0. The van der Waals surface area contributed by atoms with E-state index in [1.165, 1.54) is 23.7 Å². The summed E-state index contributed by atoms with van der Waals surface area (Å²) in [6.07, 6.45) is 2.21. The van der Waals surface area contributed by atoms with Gasteiger partial charge in [0, 0.05) is 36.1 Å². The molecule has 1 N–H and O–H groups in total. The maximum Gasteiger partial charge on any atom is 0.123 e. The zero-order valence-corrected chi connectivity index (χ0v) is 12.2. The Hall–Kier alpha value is -1.39. The van der Waals surface area contributed by atoms with Gasteiger partial charge in [0.2, 0.25) is 0 Å². The predicted molar refractivity (Wildman–Crippen MR) is 80.4 cm³/mol. The number of aromatic amines is 1. The molecule has 108 valence electrons. The number of hydrogen-bond acceptors (Lipinski definition) is 2. The van der Waals surface area contributed by atoms with Gasteiger partial charge in [-0.05, 0) is 57.4 Å². The monoisotopic (exact) mass is 275 g/mol. The van der Waals surface area contributed by atoms with Crippen LogP contribution in [0.15, 0.2) is 18.2 Å². The van der Waals surface area contributed by atoms with Gasteiger partial charge in [0.1, 0.15) is 5.82 Å². The molecule has 0 bridgehead atoms. The topological polar surface area (TPSA) is 22.3 Å². The summed E-state index contributed by atoms with van der Waals surface area (Å²) in [7, 11) is 4.22. The third kappa shape index (κ3) is 2.72. The second kappa shape index (κ2) is 5.54. The van der Waals surface area contributed by atoms with E-state index in [0.29, 0.717) is 0 Å². The van der Waals surface area contributed by atoms with Crippen LogP contribution in [0, 0.1) is 5.82 Å². The predicted octanol–water partition coefficient (Wildman–Crippen LogP) is 2.62. The van der Waals surface area contributed by atoms with Gasteiger partial charge in [-0.2, -0.15) is 0 Å². The van der Waals surface area contributed by atoms with E-state index in [2.05, 4.69) is 28.9 Å². The number of aromatic nitrogens is 1. The average Bonchev–Trinajstić information content (AvgIpc) is 2.76. The number of benzene rings is 1. The van der Waals surface area contributed by atoms with Crippen molar-refractivity contribution in [2.75, 3.05) is 33.7 Å². The fourth-order valence-electron chi connectivity index (χ4n) is 3.04. The van der Waals surface area contributed by atoms with Gasteiger partial charge < -0.3 is 9.88 Å². The van der Waals surface area contributed by atoms with E-state index in [1.54, 1.807) is 6.07 Å².